The molecule has 2 aliphatic heterocycles. The van der Waals surface area contributed by atoms with Gasteiger partial charge in [0.25, 0.3) is 0 Å². The van der Waals surface area contributed by atoms with Crippen LogP contribution in [0.5, 0.6) is 0 Å². The van der Waals surface area contributed by atoms with Crippen LogP contribution in [0.15, 0.2) is 0 Å². The zero-order chi connectivity index (χ0) is 10.6. The number of fused-ring (bicyclic) bond motifs is 2. The van der Waals surface area contributed by atoms with Crippen LogP contribution < -0.4 is 0 Å². The van der Waals surface area contributed by atoms with Crippen LogP contribution >= 0.6 is 0 Å². The molecule has 6 heteroatoms. The highest BCUT2D eigenvalue weighted by atomic mass is 16.6. The van der Waals surface area contributed by atoms with Crippen LogP contribution in [-0.2, 0) is 28.7 Å². The lowest BCUT2D eigenvalue weighted by molar-refractivity contribution is -0.193. The fourth-order valence-corrected chi connectivity index (χ4v) is 3.21. The lowest BCUT2D eigenvalue weighted by Crippen LogP contribution is -2.50. The molecule has 0 atom stereocenters. The van der Waals surface area contributed by atoms with Crippen LogP contribution in [0.25, 0.3) is 0 Å². The Balaban J connectivity index is 1.80. The molecule has 2 heterocycles. The first-order valence-corrected chi connectivity index (χ1v) is 4.55. The first-order chi connectivity index (χ1) is 7.01. The van der Waals surface area contributed by atoms with Crippen molar-refractivity contribution < 1.29 is 28.7 Å². The van der Waals surface area contributed by atoms with Crippen LogP contribution in [0.3, 0.4) is 0 Å². The summed E-state index contributed by atoms with van der Waals surface area (Å²) >= 11 is 0. The third-order valence-electron chi connectivity index (χ3n) is 4.28. The predicted molar refractivity (Wildman–Crippen MR) is 38.7 cm³/mol. The summed E-state index contributed by atoms with van der Waals surface area (Å²) in [4.78, 5) is 44.9. The van der Waals surface area contributed by atoms with E-state index in [4.69, 9.17) is 0 Å². The molecule has 0 bridgehead atoms. The van der Waals surface area contributed by atoms with Gasteiger partial charge in [0.05, 0.1) is 0 Å². The van der Waals surface area contributed by atoms with Crippen LogP contribution in [0.2, 0.25) is 0 Å². The largest absolute Gasteiger partial charge is 0.391 e. The maximum atomic E-state index is 11.2. The van der Waals surface area contributed by atoms with Crippen LogP contribution in [0, 0.1) is 16.2 Å². The van der Waals surface area contributed by atoms with Crippen molar-refractivity contribution in [1.29, 1.82) is 0 Å². The van der Waals surface area contributed by atoms with Crippen LogP contribution in [0.1, 0.15) is 12.8 Å². The van der Waals surface area contributed by atoms with Crippen molar-refractivity contribution in [1.82, 2.24) is 0 Å². The second-order valence-corrected chi connectivity index (χ2v) is 4.60. The summed E-state index contributed by atoms with van der Waals surface area (Å²) in [5.41, 5.74) is -3.14. The molecule has 2 saturated carbocycles. The van der Waals surface area contributed by atoms with E-state index in [2.05, 4.69) is 9.47 Å². The number of hydrogen-bond donors (Lipinski definition) is 0. The van der Waals surface area contributed by atoms with Crippen molar-refractivity contribution in [2.45, 2.75) is 12.8 Å². The Morgan fingerprint density at radius 3 is 1.27 bits per heavy atom. The van der Waals surface area contributed by atoms with E-state index in [9.17, 15) is 19.2 Å². The fourth-order valence-electron chi connectivity index (χ4n) is 3.21. The van der Waals surface area contributed by atoms with Gasteiger partial charge in [-0.2, -0.15) is 0 Å². The van der Waals surface area contributed by atoms with E-state index in [1.54, 1.807) is 0 Å². The summed E-state index contributed by atoms with van der Waals surface area (Å²) in [6, 6.07) is 0. The molecule has 0 unspecified atom stereocenters. The molecule has 15 heavy (non-hydrogen) atoms. The Bertz CT molecular complexity index is 427. The molecule has 0 radical (unpaired) electrons. The summed E-state index contributed by atoms with van der Waals surface area (Å²) < 4.78 is 8.57. The third-order valence-corrected chi connectivity index (χ3v) is 4.28. The van der Waals surface area contributed by atoms with Crippen molar-refractivity contribution in [2.75, 3.05) is 0 Å². The second kappa shape index (κ2) is 1.50. The van der Waals surface area contributed by atoms with Gasteiger partial charge in [0.1, 0.15) is 0 Å². The molecule has 6 nitrogen and oxygen atoms in total. The van der Waals surface area contributed by atoms with Crippen molar-refractivity contribution in [3.8, 4) is 0 Å². The fraction of sp³-hybridized carbons (Fsp3) is 0.556. The van der Waals surface area contributed by atoms with Crippen molar-refractivity contribution in [3.63, 3.8) is 0 Å². The van der Waals surface area contributed by atoms with Crippen LogP contribution in [-0.4, -0.2) is 23.9 Å². The van der Waals surface area contributed by atoms with Gasteiger partial charge in [0, 0.05) is 5.41 Å². The maximum absolute atomic E-state index is 11.2. The Morgan fingerprint density at radius 1 is 0.733 bits per heavy atom. The van der Waals surface area contributed by atoms with Crippen LogP contribution in [0.4, 0.5) is 0 Å². The van der Waals surface area contributed by atoms with E-state index >= 15 is 0 Å². The number of ether oxygens (including phenoxy) is 2. The standard InChI is InChI=1S/C9H4O6/c10-3-8(4(11)14-3)1-7(8)2-9(7)5(12)15-6(9)13/h1-2H2. The lowest BCUT2D eigenvalue weighted by Gasteiger charge is -2.27. The van der Waals surface area contributed by atoms with E-state index in [-0.39, 0.29) is 12.8 Å². The molecule has 0 amide bonds. The van der Waals surface area contributed by atoms with Gasteiger partial charge in [-0.05, 0) is 12.8 Å². The average molecular weight is 208 g/mol. The van der Waals surface area contributed by atoms with Gasteiger partial charge in [-0.15, -0.1) is 0 Å². The summed E-state index contributed by atoms with van der Waals surface area (Å²) in [5.74, 6) is -2.40. The molecule has 4 fully saturated rings. The third kappa shape index (κ3) is 0.410. The molecule has 0 N–H and O–H groups in total. The van der Waals surface area contributed by atoms with Crippen molar-refractivity contribution in [3.05, 3.63) is 0 Å². The first-order valence-electron chi connectivity index (χ1n) is 4.55. The molecule has 2 saturated heterocycles. The van der Waals surface area contributed by atoms with E-state index in [1.807, 2.05) is 0 Å². The molecule has 0 aromatic heterocycles. The number of esters is 4. The van der Waals surface area contributed by atoms with E-state index in [0.29, 0.717) is 0 Å². The van der Waals surface area contributed by atoms with Gasteiger partial charge in [0.15, 0.2) is 10.8 Å². The predicted octanol–water partition coefficient (Wildman–Crippen LogP) is -1.08. The summed E-state index contributed by atoms with van der Waals surface area (Å²) in [6.07, 6.45) is 0.525. The van der Waals surface area contributed by atoms with Gasteiger partial charge < -0.3 is 9.47 Å². The topological polar surface area (TPSA) is 86.7 Å². The van der Waals surface area contributed by atoms with E-state index < -0.39 is 40.1 Å². The normalized spacial score (nSPS) is 34.7. The van der Waals surface area contributed by atoms with E-state index in [0.717, 1.165) is 0 Å². The van der Waals surface area contributed by atoms with Gasteiger partial charge in [-0.1, -0.05) is 0 Å². The molecule has 0 aromatic carbocycles. The second-order valence-electron chi connectivity index (χ2n) is 4.60. The Morgan fingerprint density at radius 2 is 1.07 bits per heavy atom. The Labute approximate surface area is 82.5 Å². The number of cyclic esters (lactones) is 4. The van der Waals surface area contributed by atoms with Crippen molar-refractivity contribution >= 4 is 23.9 Å². The van der Waals surface area contributed by atoms with Gasteiger partial charge in [-0.25, -0.2) is 0 Å². The highest BCUT2D eigenvalue weighted by Gasteiger charge is 3.04. The van der Waals surface area contributed by atoms with Gasteiger partial charge in [0.2, 0.25) is 0 Å². The molecule has 4 aliphatic rings. The number of carbonyl (C=O) groups is 4. The van der Waals surface area contributed by atoms with E-state index in [1.165, 1.54) is 0 Å². The summed E-state index contributed by atoms with van der Waals surface area (Å²) in [5, 5.41) is 0. The highest BCUT2D eigenvalue weighted by Crippen LogP contribution is 2.91. The van der Waals surface area contributed by atoms with Gasteiger partial charge in [-0.3, -0.25) is 19.2 Å². The molecular weight excluding hydrogens is 204 g/mol. The van der Waals surface area contributed by atoms with Gasteiger partial charge >= 0.3 is 23.9 Å². The number of carbonyl (C=O) groups excluding carboxylic acids is 4. The minimum absolute atomic E-state index is 0.262. The molecule has 76 valence electrons. The Hall–Kier alpha value is -1.72. The molecular formula is C9H4O6. The lowest BCUT2D eigenvalue weighted by atomic mass is 9.89. The zero-order valence-corrected chi connectivity index (χ0v) is 7.36. The molecule has 4 rings (SSSR count). The molecule has 3 spiro atoms. The maximum Gasteiger partial charge on any atom is 0.331 e. The highest BCUT2D eigenvalue weighted by molar-refractivity contribution is 6.26. The quantitative estimate of drug-likeness (QED) is 0.371. The molecule has 2 aliphatic carbocycles. The van der Waals surface area contributed by atoms with Crippen molar-refractivity contribution in [2.24, 2.45) is 16.2 Å². The monoisotopic (exact) mass is 208 g/mol. The summed E-state index contributed by atoms with van der Waals surface area (Å²) in [6.45, 7) is 0. The smallest absolute Gasteiger partial charge is 0.331 e. The average Bonchev–Trinajstić information content (AvgIpc) is 3.05. The SMILES string of the molecule is O=C1OC(=O)C12CC21CC12C(=O)OC2=O. The first kappa shape index (κ1) is 7.56. The number of hydrogen-bond acceptors (Lipinski definition) is 6. The molecule has 0 aromatic rings. The minimum atomic E-state index is -1.18. The minimum Gasteiger partial charge on any atom is -0.391 e. The summed E-state index contributed by atoms with van der Waals surface area (Å²) in [7, 11) is 0. The zero-order valence-electron chi connectivity index (χ0n) is 7.36. The number of rotatable bonds is 0. The Kier molecular flexibility index (Phi) is 0.755.